The fourth-order valence-corrected chi connectivity index (χ4v) is 3.21. The lowest BCUT2D eigenvalue weighted by Gasteiger charge is -2.13. The zero-order valence-corrected chi connectivity index (χ0v) is 17.7. The van der Waals surface area contributed by atoms with Crippen molar-refractivity contribution in [1.29, 1.82) is 0 Å². The first-order valence-electron chi connectivity index (χ1n) is 9.04. The Hall–Kier alpha value is -2.06. The van der Waals surface area contributed by atoms with E-state index in [9.17, 15) is 0 Å². The number of hydrogen-bond donors (Lipinski definition) is 2. The molecule has 1 heterocycles. The highest BCUT2D eigenvalue weighted by Crippen LogP contribution is 2.22. The molecule has 0 unspecified atom stereocenters. The largest absolute Gasteiger partial charge is 0.385 e. The molecule has 8 heteroatoms. The zero-order chi connectivity index (χ0) is 19.6. The van der Waals surface area contributed by atoms with Crippen molar-refractivity contribution < 1.29 is 4.74 Å². The lowest BCUT2D eigenvalue weighted by atomic mass is 10.1. The highest BCUT2D eigenvalue weighted by atomic mass is 32.2. The molecule has 1 aromatic heterocycles. The average Bonchev–Trinajstić information content (AvgIpc) is 2.99. The van der Waals surface area contributed by atoms with Gasteiger partial charge in [0.25, 0.3) is 0 Å². The van der Waals surface area contributed by atoms with E-state index in [0.29, 0.717) is 13.1 Å². The van der Waals surface area contributed by atoms with Crippen LogP contribution in [0.3, 0.4) is 0 Å². The number of benzene rings is 1. The maximum Gasteiger partial charge on any atom is 0.191 e. The standard InChI is InChI=1S/C19H30N6OS/c1-14-7-8-16(17(11-14)27-5)12-21-19(20-9-6-10-26-4)22-13-18-24-23-15(2)25(18)3/h7-8,11H,6,9-10,12-13H2,1-5H3,(H2,20,21,22). The minimum absolute atomic E-state index is 0.566. The smallest absolute Gasteiger partial charge is 0.191 e. The topological polar surface area (TPSA) is 76.4 Å². The van der Waals surface area contributed by atoms with Crippen LogP contribution in [0.5, 0.6) is 0 Å². The molecule has 0 aliphatic carbocycles. The Morgan fingerprint density at radius 3 is 2.74 bits per heavy atom. The summed E-state index contributed by atoms with van der Waals surface area (Å²) in [6.45, 7) is 6.75. The highest BCUT2D eigenvalue weighted by Gasteiger charge is 2.07. The number of nitrogens with one attached hydrogen (secondary N) is 2. The predicted molar refractivity (Wildman–Crippen MR) is 111 cm³/mol. The summed E-state index contributed by atoms with van der Waals surface area (Å²) in [5, 5.41) is 15.0. The molecule has 27 heavy (non-hydrogen) atoms. The maximum atomic E-state index is 5.12. The summed E-state index contributed by atoms with van der Waals surface area (Å²) < 4.78 is 7.09. The van der Waals surface area contributed by atoms with Gasteiger partial charge in [-0.1, -0.05) is 12.1 Å². The van der Waals surface area contributed by atoms with Crippen molar-refractivity contribution in [3.63, 3.8) is 0 Å². The lowest BCUT2D eigenvalue weighted by Crippen LogP contribution is -2.38. The monoisotopic (exact) mass is 390 g/mol. The van der Waals surface area contributed by atoms with E-state index >= 15 is 0 Å². The first-order valence-corrected chi connectivity index (χ1v) is 10.3. The molecule has 0 amide bonds. The van der Waals surface area contributed by atoms with E-state index in [1.807, 2.05) is 18.5 Å². The van der Waals surface area contributed by atoms with Crippen molar-refractivity contribution >= 4 is 17.7 Å². The number of hydrogen-bond acceptors (Lipinski definition) is 5. The molecule has 2 rings (SSSR count). The number of guanidine groups is 1. The Balaban J connectivity index is 2.06. The van der Waals surface area contributed by atoms with E-state index in [2.05, 4.69) is 52.2 Å². The van der Waals surface area contributed by atoms with Crippen LogP contribution in [0.2, 0.25) is 0 Å². The van der Waals surface area contributed by atoms with Crippen molar-refractivity contribution in [2.45, 2.75) is 38.3 Å². The van der Waals surface area contributed by atoms with E-state index in [0.717, 1.165) is 37.2 Å². The van der Waals surface area contributed by atoms with Gasteiger partial charge < -0.3 is 19.9 Å². The quantitative estimate of drug-likeness (QED) is 0.296. The molecule has 0 radical (unpaired) electrons. The average molecular weight is 391 g/mol. The fourth-order valence-electron chi connectivity index (χ4n) is 2.51. The third kappa shape index (κ3) is 6.55. The molecule has 0 atom stereocenters. The summed E-state index contributed by atoms with van der Waals surface area (Å²) in [6.07, 6.45) is 3.02. The number of ether oxygens (including phenoxy) is 1. The van der Waals surface area contributed by atoms with E-state index < -0.39 is 0 Å². The second kappa shape index (κ2) is 10.9. The molecule has 0 bridgehead atoms. The minimum atomic E-state index is 0.566. The van der Waals surface area contributed by atoms with Crippen LogP contribution in [-0.2, 0) is 24.9 Å². The molecule has 1 aromatic carbocycles. The van der Waals surface area contributed by atoms with Crippen LogP contribution in [0.4, 0.5) is 0 Å². The summed E-state index contributed by atoms with van der Waals surface area (Å²) in [5.74, 6) is 2.53. The fraction of sp³-hybridized carbons (Fsp3) is 0.526. The number of aromatic nitrogens is 3. The van der Waals surface area contributed by atoms with Crippen LogP contribution in [0.15, 0.2) is 28.1 Å². The number of nitrogens with zero attached hydrogens (tertiary/aromatic N) is 4. The van der Waals surface area contributed by atoms with Gasteiger partial charge in [-0.25, -0.2) is 4.99 Å². The summed E-state index contributed by atoms with van der Waals surface area (Å²) in [7, 11) is 3.68. The van der Waals surface area contributed by atoms with Gasteiger partial charge in [-0.15, -0.1) is 22.0 Å². The molecule has 2 N–H and O–H groups in total. The molecule has 0 spiro atoms. The SMILES string of the molecule is COCCCNC(=NCc1ccc(C)cc1SC)NCc1nnc(C)n1C. The van der Waals surface area contributed by atoms with Crippen molar-refractivity contribution in [1.82, 2.24) is 25.4 Å². The van der Waals surface area contributed by atoms with Crippen LogP contribution in [0.1, 0.15) is 29.2 Å². The summed E-state index contributed by atoms with van der Waals surface area (Å²) in [5.41, 5.74) is 2.49. The molecule has 0 aliphatic heterocycles. The normalized spacial score (nSPS) is 11.7. The Labute approximate surface area is 166 Å². The second-order valence-corrected chi connectivity index (χ2v) is 7.18. The van der Waals surface area contributed by atoms with E-state index in [-0.39, 0.29) is 0 Å². The molecule has 0 fully saturated rings. The second-order valence-electron chi connectivity index (χ2n) is 6.33. The number of aryl methyl sites for hydroxylation is 2. The van der Waals surface area contributed by atoms with Gasteiger partial charge in [0, 0.05) is 32.2 Å². The van der Waals surface area contributed by atoms with Gasteiger partial charge in [-0.3, -0.25) is 0 Å². The first-order chi connectivity index (χ1) is 13.0. The zero-order valence-electron chi connectivity index (χ0n) is 16.9. The number of rotatable bonds is 9. The summed E-state index contributed by atoms with van der Waals surface area (Å²) in [6, 6.07) is 6.49. The van der Waals surface area contributed by atoms with Crippen LogP contribution < -0.4 is 10.6 Å². The van der Waals surface area contributed by atoms with E-state index in [1.165, 1.54) is 16.0 Å². The molecule has 0 saturated heterocycles. The van der Waals surface area contributed by atoms with Crippen LogP contribution in [-0.4, -0.2) is 47.2 Å². The Morgan fingerprint density at radius 1 is 1.26 bits per heavy atom. The highest BCUT2D eigenvalue weighted by molar-refractivity contribution is 7.98. The van der Waals surface area contributed by atoms with Crippen LogP contribution in [0.25, 0.3) is 0 Å². The first kappa shape index (κ1) is 21.2. The van der Waals surface area contributed by atoms with Crippen molar-refractivity contribution in [3.8, 4) is 0 Å². The van der Waals surface area contributed by atoms with Gasteiger partial charge in [0.2, 0.25) is 0 Å². The van der Waals surface area contributed by atoms with Gasteiger partial charge in [0.05, 0.1) is 13.1 Å². The molecule has 148 valence electrons. The van der Waals surface area contributed by atoms with Crippen LogP contribution >= 0.6 is 11.8 Å². The number of methoxy groups -OCH3 is 1. The van der Waals surface area contributed by atoms with Gasteiger partial charge in [-0.2, -0.15) is 0 Å². The Bertz CT molecular complexity index is 759. The Morgan fingerprint density at radius 2 is 2.07 bits per heavy atom. The minimum Gasteiger partial charge on any atom is -0.385 e. The summed E-state index contributed by atoms with van der Waals surface area (Å²) >= 11 is 1.75. The maximum absolute atomic E-state index is 5.12. The van der Waals surface area contributed by atoms with Crippen LogP contribution in [0, 0.1) is 13.8 Å². The van der Waals surface area contributed by atoms with Crippen molar-refractivity contribution in [2.75, 3.05) is 26.5 Å². The third-order valence-electron chi connectivity index (χ3n) is 4.26. The predicted octanol–water partition coefficient (Wildman–Crippen LogP) is 2.43. The molecule has 2 aromatic rings. The van der Waals surface area contributed by atoms with Crippen molar-refractivity contribution in [3.05, 3.63) is 41.0 Å². The molecule has 7 nitrogen and oxygen atoms in total. The number of aliphatic imine (C=N–C) groups is 1. The lowest BCUT2D eigenvalue weighted by molar-refractivity contribution is 0.195. The Kier molecular flexibility index (Phi) is 8.60. The molecular weight excluding hydrogens is 360 g/mol. The summed E-state index contributed by atoms with van der Waals surface area (Å²) in [4.78, 5) is 6.03. The van der Waals surface area contributed by atoms with E-state index in [4.69, 9.17) is 9.73 Å². The molecule has 0 aliphatic rings. The molecular formula is C19H30N6OS. The third-order valence-corrected chi connectivity index (χ3v) is 5.08. The van der Waals surface area contributed by atoms with E-state index in [1.54, 1.807) is 18.9 Å². The van der Waals surface area contributed by atoms with Crippen molar-refractivity contribution in [2.24, 2.45) is 12.0 Å². The van der Waals surface area contributed by atoms with Gasteiger partial charge in [0.15, 0.2) is 11.8 Å². The van der Waals surface area contributed by atoms with Gasteiger partial charge >= 0.3 is 0 Å². The van der Waals surface area contributed by atoms with Gasteiger partial charge in [-0.05, 0) is 43.7 Å². The number of thioether (sulfide) groups is 1. The van der Waals surface area contributed by atoms with Gasteiger partial charge in [0.1, 0.15) is 5.82 Å². The molecule has 0 saturated carbocycles.